The number of amides is 1. The van der Waals surface area contributed by atoms with Crippen molar-refractivity contribution in [2.24, 2.45) is 5.92 Å². The summed E-state index contributed by atoms with van der Waals surface area (Å²) in [6.45, 7) is 8.13. The zero-order valence-corrected chi connectivity index (χ0v) is 17.1. The van der Waals surface area contributed by atoms with Gasteiger partial charge in [0.2, 0.25) is 5.91 Å². The monoisotopic (exact) mass is 378 g/mol. The predicted molar refractivity (Wildman–Crippen MR) is 113 cm³/mol. The Morgan fingerprint density at radius 2 is 1.75 bits per heavy atom. The van der Waals surface area contributed by atoms with Crippen LogP contribution in [-0.2, 0) is 4.79 Å². The molecule has 4 rings (SSSR count). The van der Waals surface area contributed by atoms with Crippen molar-refractivity contribution >= 4 is 11.6 Å². The van der Waals surface area contributed by atoms with E-state index >= 15 is 0 Å². The van der Waals surface area contributed by atoms with Gasteiger partial charge in [-0.25, -0.2) is 0 Å². The molecule has 2 heterocycles. The number of nitrogens with one attached hydrogen (secondary N) is 1. The van der Waals surface area contributed by atoms with Gasteiger partial charge in [-0.2, -0.15) is 0 Å². The predicted octanol–water partition coefficient (Wildman–Crippen LogP) is 4.63. The van der Waals surface area contributed by atoms with Gasteiger partial charge in [0.05, 0.1) is 6.04 Å². The second-order valence-electron chi connectivity index (χ2n) is 8.76. The molecule has 2 aromatic carbocycles. The summed E-state index contributed by atoms with van der Waals surface area (Å²) in [6.07, 6.45) is 2.58. The fourth-order valence-electron chi connectivity index (χ4n) is 4.38. The van der Waals surface area contributed by atoms with E-state index in [1.165, 1.54) is 11.3 Å². The first kappa shape index (κ1) is 18.9. The summed E-state index contributed by atoms with van der Waals surface area (Å²) in [5, 5.41) is 3.33. The standard InChI is InChI=1S/C24H30N2O2/c1-17-8-10-19(11-9-17)26-14-12-18(13-15-26)23(27)25-21-16-24(2,3)28-22-7-5-4-6-20(21)22/h4-11,18,21H,12-16H2,1-3H3,(H,25,27)/t21-/m1/s1. The maximum atomic E-state index is 13.0. The number of hydrogen-bond donors (Lipinski definition) is 1. The van der Waals surface area contributed by atoms with Crippen LogP contribution in [0.4, 0.5) is 5.69 Å². The first-order chi connectivity index (χ1) is 13.4. The van der Waals surface area contributed by atoms with E-state index in [0.717, 1.165) is 43.7 Å². The summed E-state index contributed by atoms with van der Waals surface area (Å²) >= 11 is 0. The van der Waals surface area contributed by atoms with Crippen LogP contribution in [0.3, 0.4) is 0 Å². The highest BCUT2D eigenvalue weighted by Gasteiger charge is 2.35. The van der Waals surface area contributed by atoms with Crippen molar-refractivity contribution in [3.8, 4) is 5.75 Å². The molecule has 0 radical (unpaired) electrons. The average Bonchev–Trinajstić information content (AvgIpc) is 2.68. The molecule has 1 amide bonds. The Morgan fingerprint density at radius 1 is 1.07 bits per heavy atom. The number of hydrogen-bond acceptors (Lipinski definition) is 3. The second-order valence-corrected chi connectivity index (χ2v) is 8.76. The highest BCUT2D eigenvalue weighted by Crippen LogP contribution is 2.39. The molecule has 2 aliphatic heterocycles. The number of rotatable bonds is 3. The number of nitrogens with zero attached hydrogens (tertiary/aromatic N) is 1. The molecule has 148 valence electrons. The van der Waals surface area contributed by atoms with E-state index in [2.05, 4.69) is 61.3 Å². The van der Waals surface area contributed by atoms with E-state index in [1.807, 2.05) is 18.2 Å². The van der Waals surface area contributed by atoms with Gasteiger partial charge in [-0.1, -0.05) is 35.9 Å². The van der Waals surface area contributed by atoms with Crippen LogP contribution < -0.4 is 15.0 Å². The first-order valence-electron chi connectivity index (χ1n) is 10.3. The van der Waals surface area contributed by atoms with Gasteiger partial charge in [0, 0.05) is 36.7 Å². The normalized spacial score (nSPS) is 21.5. The Balaban J connectivity index is 1.39. The van der Waals surface area contributed by atoms with E-state index < -0.39 is 0 Å². The molecule has 0 saturated carbocycles. The molecule has 4 nitrogen and oxygen atoms in total. The number of aryl methyl sites for hydroxylation is 1. The Kier molecular flexibility index (Phi) is 5.05. The molecule has 2 aliphatic rings. The number of carbonyl (C=O) groups is 1. The molecule has 1 saturated heterocycles. The summed E-state index contributed by atoms with van der Waals surface area (Å²) in [7, 11) is 0. The zero-order valence-electron chi connectivity index (χ0n) is 17.1. The van der Waals surface area contributed by atoms with Gasteiger partial charge in [-0.3, -0.25) is 4.79 Å². The molecule has 4 heteroatoms. The van der Waals surface area contributed by atoms with E-state index in [4.69, 9.17) is 4.74 Å². The fraction of sp³-hybridized carbons (Fsp3) is 0.458. The fourth-order valence-corrected chi connectivity index (χ4v) is 4.38. The maximum absolute atomic E-state index is 13.0. The minimum atomic E-state index is -0.277. The van der Waals surface area contributed by atoms with E-state index in [0.29, 0.717) is 0 Å². The number of anilines is 1. The molecule has 1 atom stereocenters. The topological polar surface area (TPSA) is 41.6 Å². The lowest BCUT2D eigenvalue weighted by atomic mass is 9.88. The van der Waals surface area contributed by atoms with Gasteiger partial charge in [0.15, 0.2) is 0 Å². The number of fused-ring (bicyclic) bond motifs is 1. The minimum Gasteiger partial charge on any atom is -0.487 e. The Labute approximate surface area is 167 Å². The first-order valence-corrected chi connectivity index (χ1v) is 10.3. The lowest BCUT2D eigenvalue weighted by molar-refractivity contribution is -0.126. The third kappa shape index (κ3) is 4.01. The van der Waals surface area contributed by atoms with Crippen LogP contribution in [-0.4, -0.2) is 24.6 Å². The molecule has 28 heavy (non-hydrogen) atoms. The highest BCUT2D eigenvalue weighted by molar-refractivity contribution is 5.79. The van der Waals surface area contributed by atoms with Crippen LogP contribution in [0.25, 0.3) is 0 Å². The third-order valence-corrected chi connectivity index (χ3v) is 5.96. The summed E-state index contributed by atoms with van der Waals surface area (Å²) in [6, 6.07) is 16.7. The maximum Gasteiger partial charge on any atom is 0.223 e. The van der Waals surface area contributed by atoms with Crippen LogP contribution in [0.5, 0.6) is 5.75 Å². The van der Waals surface area contributed by atoms with E-state index in [9.17, 15) is 4.79 Å². The van der Waals surface area contributed by atoms with Crippen molar-refractivity contribution in [3.05, 3.63) is 59.7 Å². The molecule has 2 aromatic rings. The summed E-state index contributed by atoms with van der Waals surface area (Å²) < 4.78 is 6.09. The number of benzene rings is 2. The quantitative estimate of drug-likeness (QED) is 0.847. The minimum absolute atomic E-state index is 0.0163. The Bertz CT molecular complexity index is 836. The van der Waals surface area contributed by atoms with Crippen molar-refractivity contribution in [3.63, 3.8) is 0 Å². The van der Waals surface area contributed by atoms with Gasteiger partial charge >= 0.3 is 0 Å². The summed E-state index contributed by atoms with van der Waals surface area (Å²) in [5.41, 5.74) is 3.34. The number of ether oxygens (including phenoxy) is 1. The van der Waals surface area contributed by atoms with Crippen molar-refractivity contribution in [2.45, 2.75) is 51.7 Å². The molecule has 1 N–H and O–H groups in total. The van der Waals surface area contributed by atoms with E-state index in [1.54, 1.807) is 0 Å². The summed E-state index contributed by atoms with van der Waals surface area (Å²) in [5.74, 6) is 1.15. The third-order valence-electron chi connectivity index (χ3n) is 5.96. The van der Waals surface area contributed by atoms with Gasteiger partial charge in [0.1, 0.15) is 11.4 Å². The van der Waals surface area contributed by atoms with Crippen LogP contribution in [0.1, 0.15) is 50.3 Å². The van der Waals surface area contributed by atoms with Crippen molar-refractivity contribution in [1.82, 2.24) is 5.32 Å². The van der Waals surface area contributed by atoms with Gasteiger partial charge in [-0.15, -0.1) is 0 Å². The average molecular weight is 379 g/mol. The lowest BCUT2D eigenvalue weighted by Gasteiger charge is -2.39. The highest BCUT2D eigenvalue weighted by atomic mass is 16.5. The molecule has 0 unspecified atom stereocenters. The van der Waals surface area contributed by atoms with Crippen molar-refractivity contribution < 1.29 is 9.53 Å². The lowest BCUT2D eigenvalue weighted by Crippen LogP contribution is -2.45. The molecule has 0 spiro atoms. The van der Waals surface area contributed by atoms with Gasteiger partial charge in [-0.05, 0) is 51.8 Å². The molecular formula is C24H30N2O2. The van der Waals surface area contributed by atoms with E-state index in [-0.39, 0.29) is 23.5 Å². The van der Waals surface area contributed by atoms with Crippen LogP contribution in [0.15, 0.2) is 48.5 Å². The number of para-hydroxylation sites is 1. The molecule has 1 fully saturated rings. The Morgan fingerprint density at radius 3 is 2.46 bits per heavy atom. The molecule has 0 aliphatic carbocycles. The number of carbonyl (C=O) groups excluding carboxylic acids is 1. The smallest absolute Gasteiger partial charge is 0.223 e. The van der Waals surface area contributed by atoms with Gasteiger partial charge < -0.3 is 15.0 Å². The zero-order chi connectivity index (χ0) is 19.7. The van der Waals surface area contributed by atoms with Crippen molar-refractivity contribution in [1.29, 1.82) is 0 Å². The number of piperidine rings is 1. The largest absolute Gasteiger partial charge is 0.487 e. The molecule has 0 bridgehead atoms. The van der Waals surface area contributed by atoms with Crippen LogP contribution in [0.2, 0.25) is 0 Å². The van der Waals surface area contributed by atoms with Gasteiger partial charge in [0.25, 0.3) is 0 Å². The molecular weight excluding hydrogens is 348 g/mol. The SMILES string of the molecule is Cc1ccc(N2CCC(C(=O)N[C@@H]3CC(C)(C)Oc4ccccc43)CC2)cc1. The summed E-state index contributed by atoms with van der Waals surface area (Å²) in [4.78, 5) is 15.4. The van der Waals surface area contributed by atoms with Crippen LogP contribution >= 0.6 is 0 Å². The Hall–Kier alpha value is -2.49. The molecule has 0 aromatic heterocycles. The van der Waals surface area contributed by atoms with Crippen LogP contribution in [0, 0.1) is 12.8 Å². The van der Waals surface area contributed by atoms with Crippen molar-refractivity contribution in [2.75, 3.05) is 18.0 Å². The second kappa shape index (κ2) is 7.50.